The van der Waals surface area contributed by atoms with E-state index in [0.717, 1.165) is 10.6 Å². The van der Waals surface area contributed by atoms with E-state index < -0.39 is 5.91 Å². The van der Waals surface area contributed by atoms with Crippen LogP contribution in [0.3, 0.4) is 0 Å². The number of alkyl halides is 1. The summed E-state index contributed by atoms with van der Waals surface area (Å²) in [6.45, 7) is 0. The molecule has 0 radical (unpaired) electrons. The van der Waals surface area contributed by atoms with Crippen LogP contribution in [0.1, 0.15) is 26.4 Å². The first-order valence-corrected chi connectivity index (χ1v) is 6.41. The molecule has 0 fully saturated rings. The summed E-state index contributed by atoms with van der Waals surface area (Å²) in [7, 11) is 0. The normalized spacial score (nSPS) is 12.3. The first kappa shape index (κ1) is 12.1. The number of halogens is 1. The lowest BCUT2D eigenvalue weighted by Gasteiger charge is -2.06. The van der Waals surface area contributed by atoms with Gasteiger partial charge in [-0.1, -0.05) is 30.3 Å². The molecule has 3 nitrogen and oxygen atoms in total. The van der Waals surface area contributed by atoms with E-state index in [1.54, 1.807) is 5.38 Å². The highest BCUT2D eigenvalue weighted by molar-refractivity contribution is 7.09. The van der Waals surface area contributed by atoms with Gasteiger partial charge in [0.25, 0.3) is 5.91 Å². The van der Waals surface area contributed by atoms with Crippen LogP contribution in [0, 0.1) is 0 Å². The standard InChI is InChI=1S/C12H11ClN2OS/c13-9(8-4-2-1-3-5-8)6-11-15-10(7-17-11)12(14)16/h1-5,7,9H,6H2,(H2,14,16). The van der Waals surface area contributed by atoms with E-state index >= 15 is 0 Å². The molecule has 0 aliphatic rings. The highest BCUT2D eigenvalue weighted by atomic mass is 35.5. The summed E-state index contributed by atoms with van der Waals surface area (Å²) in [5, 5.41) is 2.34. The number of aromatic nitrogens is 1. The Morgan fingerprint density at radius 1 is 1.41 bits per heavy atom. The van der Waals surface area contributed by atoms with Crippen molar-refractivity contribution in [2.45, 2.75) is 11.8 Å². The molecular weight excluding hydrogens is 256 g/mol. The van der Waals surface area contributed by atoms with Crippen LogP contribution in [0.2, 0.25) is 0 Å². The summed E-state index contributed by atoms with van der Waals surface area (Å²) in [4.78, 5) is 15.0. The molecule has 1 unspecified atom stereocenters. The number of benzene rings is 1. The van der Waals surface area contributed by atoms with Gasteiger partial charge in [-0.05, 0) is 5.56 Å². The maximum absolute atomic E-state index is 10.9. The Morgan fingerprint density at radius 3 is 2.71 bits per heavy atom. The van der Waals surface area contributed by atoms with Gasteiger partial charge in [0.05, 0.1) is 10.4 Å². The summed E-state index contributed by atoms with van der Waals surface area (Å²) in [6.07, 6.45) is 0.601. The topological polar surface area (TPSA) is 56.0 Å². The summed E-state index contributed by atoms with van der Waals surface area (Å²) in [6, 6.07) is 9.78. The van der Waals surface area contributed by atoms with Gasteiger partial charge >= 0.3 is 0 Å². The second-order valence-electron chi connectivity index (χ2n) is 3.57. The average Bonchev–Trinajstić information content (AvgIpc) is 2.79. The Bertz CT molecular complexity index is 512. The number of nitrogens with two attached hydrogens (primary N) is 1. The zero-order chi connectivity index (χ0) is 12.3. The van der Waals surface area contributed by atoms with Crippen molar-refractivity contribution < 1.29 is 4.79 Å². The maximum Gasteiger partial charge on any atom is 0.268 e. The molecule has 17 heavy (non-hydrogen) atoms. The number of nitrogens with zero attached hydrogens (tertiary/aromatic N) is 1. The van der Waals surface area contributed by atoms with Gasteiger partial charge in [-0.2, -0.15) is 0 Å². The van der Waals surface area contributed by atoms with Crippen LogP contribution in [0.15, 0.2) is 35.7 Å². The van der Waals surface area contributed by atoms with E-state index in [9.17, 15) is 4.79 Å². The molecule has 1 amide bonds. The molecule has 0 saturated heterocycles. The molecule has 0 aliphatic carbocycles. The van der Waals surface area contributed by atoms with Gasteiger partial charge in [0, 0.05) is 11.8 Å². The monoisotopic (exact) mass is 266 g/mol. The van der Waals surface area contributed by atoms with Gasteiger partial charge in [-0.3, -0.25) is 4.79 Å². The number of thiazole rings is 1. The quantitative estimate of drug-likeness (QED) is 0.865. The smallest absolute Gasteiger partial charge is 0.268 e. The van der Waals surface area contributed by atoms with E-state index in [-0.39, 0.29) is 5.38 Å². The highest BCUT2D eigenvalue weighted by Crippen LogP contribution is 2.26. The molecule has 1 heterocycles. The fourth-order valence-electron chi connectivity index (χ4n) is 1.45. The largest absolute Gasteiger partial charge is 0.364 e. The summed E-state index contributed by atoms with van der Waals surface area (Å²) < 4.78 is 0. The van der Waals surface area contributed by atoms with E-state index in [1.807, 2.05) is 30.3 Å². The zero-order valence-corrected chi connectivity index (χ0v) is 10.5. The molecule has 1 aromatic carbocycles. The molecule has 0 bridgehead atoms. The Balaban J connectivity index is 2.08. The highest BCUT2D eigenvalue weighted by Gasteiger charge is 2.12. The number of carbonyl (C=O) groups excluding carboxylic acids is 1. The lowest BCUT2D eigenvalue weighted by molar-refractivity contribution is 0.0996. The minimum Gasteiger partial charge on any atom is -0.364 e. The van der Waals surface area contributed by atoms with E-state index in [1.165, 1.54) is 11.3 Å². The van der Waals surface area contributed by atoms with E-state index in [2.05, 4.69) is 4.98 Å². The fourth-order valence-corrected chi connectivity index (χ4v) is 2.66. The Labute approximate surface area is 108 Å². The van der Waals surface area contributed by atoms with Crippen molar-refractivity contribution >= 4 is 28.8 Å². The average molecular weight is 267 g/mol. The Kier molecular flexibility index (Phi) is 3.76. The minimum atomic E-state index is -0.502. The molecule has 2 rings (SSSR count). The minimum absolute atomic E-state index is 0.136. The van der Waals surface area contributed by atoms with Gasteiger partial charge < -0.3 is 5.73 Å². The van der Waals surface area contributed by atoms with Gasteiger partial charge in [0.2, 0.25) is 0 Å². The number of hydrogen-bond donors (Lipinski definition) is 1. The van der Waals surface area contributed by atoms with Crippen molar-refractivity contribution in [2.75, 3.05) is 0 Å². The predicted octanol–water partition coefficient (Wildman–Crippen LogP) is 2.76. The second kappa shape index (κ2) is 5.29. The van der Waals surface area contributed by atoms with Gasteiger partial charge in [-0.15, -0.1) is 22.9 Å². The van der Waals surface area contributed by atoms with Crippen LogP contribution < -0.4 is 5.73 Å². The summed E-state index contributed by atoms with van der Waals surface area (Å²) in [5.41, 5.74) is 6.49. The molecule has 1 atom stereocenters. The van der Waals surface area contributed by atoms with Crippen LogP contribution in [0.4, 0.5) is 0 Å². The van der Waals surface area contributed by atoms with Crippen LogP contribution >= 0.6 is 22.9 Å². The Hall–Kier alpha value is -1.39. The van der Waals surface area contributed by atoms with Crippen molar-refractivity contribution in [1.82, 2.24) is 4.98 Å². The number of rotatable bonds is 4. The van der Waals surface area contributed by atoms with Crippen molar-refractivity contribution in [3.8, 4) is 0 Å². The molecule has 0 aliphatic heterocycles. The number of hydrogen-bond acceptors (Lipinski definition) is 3. The number of amides is 1. The van der Waals surface area contributed by atoms with Crippen molar-refractivity contribution in [2.24, 2.45) is 5.73 Å². The van der Waals surface area contributed by atoms with Gasteiger partial charge in [0.1, 0.15) is 5.69 Å². The van der Waals surface area contributed by atoms with Crippen molar-refractivity contribution in [3.63, 3.8) is 0 Å². The Morgan fingerprint density at radius 2 is 2.12 bits per heavy atom. The van der Waals surface area contributed by atoms with Gasteiger partial charge in [0.15, 0.2) is 0 Å². The lowest BCUT2D eigenvalue weighted by Crippen LogP contribution is -2.11. The van der Waals surface area contributed by atoms with E-state index in [4.69, 9.17) is 17.3 Å². The number of carbonyl (C=O) groups is 1. The first-order chi connectivity index (χ1) is 8.16. The molecule has 0 spiro atoms. The molecule has 88 valence electrons. The van der Waals surface area contributed by atoms with Crippen molar-refractivity contribution in [3.05, 3.63) is 52.0 Å². The predicted molar refractivity (Wildman–Crippen MR) is 69.4 cm³/mol. The third-order valence-corrected chi connectivity index (χ3v) is 3.60. The molecule has 1 aromatic heterocycles. The van der Waals surface area contributed by atoms with Crippen LogP contribution in [0.25, 0.3) is 0 Å². The maximum atomic E-state index is 10.9. The second-order valence-corrected chi connectivity index (χ2v) is 5.04. The first-order valence-electron chi connectivity index (χ1n) is 5.10. The third kappa shape index (κ3) is 3.05. The molecule has 2 N–H and O–H groups in total. The number of primary amides is 1. The summed E-state index contributed by atoms with van der Waals surface area (Å²) >= 11 is 7.68. The van der Waals surface area contributed by atoms with Crippen LogP contribution in [0.5, 0.6) is 0 Å². The molecule has 2 aromatic rings. The fraction of sp³-hybridized carbons (Fsp3) is 0.167. The SMILES string of the molecule is NC(=O)c1csc(CC(Cl)c2ccccc2)n1. The van der Waals surface area contributed by atoms with Crippen molar-refractivity contribution in [1.29, 1.82) is 0 Å². The van der Waals surface area contributed by atoms with E-state index in [0.29, 0.717) is 12.1 Å². The molecule has 0 saturated carbocycles. The lowest BCUT2D eigenvalue weighted by atomic mass is 10.1. The summed E-state index contributed by atoms with van der Waals surface area (Å²) in [5.74, 6) is -0.502. The molecule has 5 heteroatoms. The molecular formula is C12H11ClN2OS. The van der Waals surface area contributed by atoms with Gasteiger partial charge in [-0.25, -0.2) is 4.98 Å². The third-order valence-electron chi connectivity index (χ3n) is 2.32. The van der Waals surface area contributed by atoms with Crippen LogP contribution in [-0.2, 0) is 6.42 Å². The zero-order valence-electron chi connectivity index (χ0n) is 8.97. The van der Waals surface area contributed by atoms with Crippen LogP contribution in [-0.4, -0.2) is 10.9 Å².